The molecule has 76 valence electrons. The van der Waals surface area contributed by atoms with E-state index in [2.05, 4.69) is 29.6 Å². The summed E-state index contributed by atoms with van der Waals surface area (Å²) in [7, 11) is 0. The lowest BCUT2D eigenvalue weighted by Crippen LogP contribution is -2.28. The predicted molar refractivity (Wildman–Crippen MR) is 59.3 cm³/mol. The summed E-state index contributed by atoms with van der Waals surface area (Å²) in [6.07, 6.45) is 2.46. The van der Waals surface area contributed by atoms with Gasteiger partial charge in [0.25, 0.3) is 0 Å². The van der Waals surface area contributed by atoms with Gasteiger partial charge < -0.3 is 11.1 Å². The average molecular weight is 190 g/mol. The summed E-state index contributed by atoms with van der Waals surface area (Å²) in [5.74, 6) is 0.777. The summed E-state index contributed by atoms with van der Waals surface area (Å²) in [5.41, 5.74) is 8.50. The van der Waals surface area contributed by atoms with E-state index in [1.54, 1.807) is 0 Å². The Balaban J connectivity index is 1.86. The number of nitrogens with one attached hydrogen (secondary N) is 1. The van der Waals surface area contributed by atoms with Crippen molar-refractivity contribution in [2.75, 3.05) is 19.6 Å². The van der Waals surface area contributed by atoms with E-state index >= 15 is 0 Å². The molecule has 0 radical (unpaired) electrons. The Kier molecular flexibility index (Phi) is 3.17. The minimum absolute atomic E-state index is 0.736. The first-order chi connectivity index (χ1) is 6.90. The van der Waals surface area contributed by atoms with Crippen molar-refractivity contribution < 1.29 is 0 Å². The fraction of sp³-hybridized carbons (Fsp3) is 0.500. The van der Waals surface area contributed by atoms with Crippen LogP contribution >= 0.6 is 0 Å². The van der Waals surface area contributed by atoms with E-state index in [9.17, 15) is 0 Å². The summed E-state index contributed by atoms with van der Waals surface area (Å²) >= 11 is 0. The second-order valence-electron chi connectivity index (χ2n) is 4.04. The maximum Gasteiger partial charge on any atom is 0.00746 e. The second kappa shape index (κ2) is 4.58. The van der Waals surface area contributed by atoms with Crippen LogP contribution in [0.1, 0.15) is 11.1 Å². The molecule has 0 bridgehead atoms. The van der Waals surface area contributed by atoms with Crippen LogP contribution in [0.15, 0.2) is 24.3 Å². The largest absolute Gasteiger partial charge is 0.329 e. The number of rotatable bonds is 4. The Hall–Kier alpha value is -0.860. The van der Waals surface area contributed by atoms with Crippen LogP contribution in [0.2, 0.25) is 0 Å². The number of hydrogen-bond donors (Lipinski definition) is 2. The van der Waals surface area contributed by atoms with E-state index in [0.29, 0.717) is 0 Å². The standard InChI is InChI=1S/C12H18N2/c13-5-6-14-9-10-7-11-3-1-2-4-12(11)8-10/h1-4,10,14H,5-9,13H2. The van der Waals surface area contributed by atoms with Crippen molar-refractivity contribution >= 4 is 0 Å². The molecule has 0 aliphatic heterocycles. The highest BCUT2D eigenvalue weighted by Gasteiger charge is 2.19. The molecule has 0 saturated carbocycles. The quantitative estimate of drug-likeness (QED) is 0.694. The van der Waals surface area contributed by atoms with Crippen molar-refractivity contribution in [1.82, 2.24) is 5.32 Å². The van der Waals surface area contributed by atoms with Gasteiger partial charge in [-0.15, -0.1) is 0 Å². The van der Waals surface area contributed by atoms with Crippen LogP contribution in [-0.2, 0) is 12.8 Å². The second-order valence-corrected chi connectivity index (χ2v) is 4.04. The van der Waals surface area contributed by atoms with Crippen LogP contribution in [0.25, 0.3) is 0 Å². The first kappa shape index (κ1) is 9.69. The third-order valence-corrected chi connectivity index (χ3v) is 2.89. The van der Waals surface area contributed by atoms with Crippen molar-refractivity contribution in [3.8, 4) is 0 Å². The summed E-state index contributed by atoms with van der Waals surface area (Å²) < 4.78 is 0. The Labute approximate surface area is 85.5 Å². The van der Waals surface area contributed by atoms with Gasteiger partial charge in [0.1, 0.15) is 0 Å². The highest BCUT2D eigenvalue weighted by Crippen LogP contribution is 2.25. The molecule has 1 aliphatic rings. The van der Waals surface area contributed by atoms with Crippen molar-refractivity contribution in [2.24, 2.45) is 11.7 Å². The van der Waals surface area contributed by atoms with Gasteiger partial charge in [0.2, 0.25) is 0 Å². The Morgan fingerprint density at radius 2 is 1.86 bits per heavy atom. The molecule has 14 heavy (non-hydrogen) atoms. The molecule has 3 N–H and O–H groups in total. The van der Waals surface area contributed by atoms with Crippen molar-refractivity contribution in [3.05, 3.63) is 35.4 Å². The molecule has 0 unspecified atom stereocenters. The van der Waals surface area contributed by atoms with Crippen molar-refractivity contribution in [3.63, 3.8) is 0 Å². The van der Waals surface area contributed by atoms with Crippen LogP contribution in [0.5, 0.6) is 0 Å². The molecule has 1 aliphatic carbocycles. The van der Waals surface area contributed by atoms with Crippen molar-refractivity contribution in [2.45, 2.75) is 12.8 Å². The molecule has 2 nitrogen and oxygen atoms in total. The normalized spacial score (nSPS) is 15.8. The third-order valence-electron chi connectivity index (χ3n) is 2.89. The summed E-state index contributed by atoms with van der Waals surface area (Å²) in [4.78, 5) is 0. The van der Waals surface area contributed by atoms with Gasteiger partial charge in [0.15, 0.2) is 0 Å². The average Bonchev–Trinajstić information content (AvgIpc) is 2.60. The fourth-order valence-electron chi connectivity index (χ4n) is 2.20. The minimum Gasteiger partial charge on any atom is -0.329 e. The minimum atomic E-state index is 0.736. The van der Waals surface area contributed by atoms with Crippen LogP contribution in [0.4, 0.5) is 0 Å². The van der Waals surface area contributed by atoms with Gasteiger partial charge >= 0.3 is 0 Å². The molecule has 0 spiro atoms. The van der Waals surface area contributed by atoms with Crippen molar-refractivity contribution in [1.29, 1.82) is 0 Å². The van der Waals surface area contributed by atoms with Gasteiger partial charge in [-0.1, -0.05) is 24.3 Å². The number of nitrogens with two attached hydrogens (primary N) is 1. The smallest absolute Gasteiger partial charge is 0.00746 e. The van der Waals surface area contributed by atoms with Gasteiger partial charge in [0.05, 0.1) is 0 Å². The van der Waals surface area contributed by atoms with Crippen LogP contribution in [-0.4, -0.2) is 19.6 Å². The molecule has 2 rings (SSSR count). The SMILES string of the molecule is NCCNCC1Cc2ccccc2C1. The molecule has 0 saturated heterocycles. The topological polar surface area (TPSA) is 38.0 Å². The van der Waals surface area contributed by atoms with Gasteiger partial charge in [-0.3, -0.25) is 0 Å². The molecular weight excluding hydrogens is 172 g/mol. The zero-order valence-corrected chi connectivity index (χ0v) is 8.50. The van der Waals surface area contributed by atoms with E-state index in [-0.39, 0.29) is 0 Å². The lowest BCUT2D eigenvalue weighted by atomic mass is 10.1. The number of fused-ring (bicyclic) bond motifs is 1. The lowest BCUT2D eigenvalue weighted by Gasteiger charge is -2.09. The molecule has 0 fully saturated rings. The highest BCUT2D eigenvalue weighted by atomic mass is 14.9. The van der Waals surface area contributed by atoms with Crippen LogP contribution in [0, 0.1) is 5.92 Å². The number of benzene rings is 1. The first-order valence-electron chi connectivity index (χ1n) is 5.37. The number of hydrogen-bond acceptors (Lipinski definition) is 2. The Morgan fingerprint density at radius 3 is 2.43 bits per heavy atom. The summed E-state index contributed by atoms with van der Waals surface area (Å²) in [6.45, 7) is 2.78. The zero-order valence-electron chi connectivity index (χ0n) is 8.50. The maximum atomic E-state index is 5.43. The molecule has 0 heterocycles. The first-order valence-corrected chi connectivity index (χ1v) is 5.37. The fourth-order valence-corrected chi connectivity index (χ4v) is 2.20. The van der Waals surface area contributed by atoms with Gasteiger partial charge in [-0.05, 0) is 36.4 Å². The van der Waals surface area contributed by atoms with E-state index in [1.165, 1.54) is 24.0 Å². The Morgan fingerprint density at radius 1 is 1.21 bits per heavy atom. The molecule has 0 aromatic heterocycles. The third kappa shape index (κ3) is 2.14. The van der Waals surface area contributed by atoms with Gasteiger partial charge in [0, 0.05) is 13.1 Å². The molecule has 0 amide bonds. The summed E-state index contributed by atoms with van der Waals surface area (Å²) in [5, 5.41) is 3.39. The van der Waals surface area contributed by atoms with E-state index in [4.69, 9.17) is 5.73 Å². The molecule has 2 heteroatoms. The van der Waals surface area contributed by atoms with Gasteiger partial charge in [-0.2, -0.15) is 0 Å². The van der Waals surface area contributed by atoms with Gasteiger partial charge in [-0.25, -0.2) is 0 Å². The zero-order chi connectivity index (χ0) is 9.80. The van der Waals surface area contributed by atoms with E-state index in [0.717, 1.165) is 25.6 Å². The maximum absolute atomic E-state index is 5.43. The molecule has 1 aromatic carbocycles. The summed E-state index contributed by atoms with van der Waals surface area (Å²) in [6, 6.07) is 8.76. The lowest BCUT2D eigenvalue weighted by molar-refractivity contribution is 0.502. The monoisotopic (exact) mass is 190 g/mol. The van der Waals surface area contributed by atoms with E-state index in [1.807, 2.05) is 0 Å². The predicted octanol–water partition coefficient (Wildman–Crippen LogP) is 0.950. The molecule has 1 aromatic rings. The van der Waals surface area contributed by atoms with E-state index < -0.39 is 0 Å². The van der Waals surface area contributed by atoms with Crippen LogP contribution < -0.4 is 11.1 Å². The van der Waals surface area contributed by atoms with Crippen LogP contribution in [0.3, 0.4) is 0 Å². The molecular formula is C12H18N2. The molecule has 0 atom stereocenters. The highest BCUT2D eigenvalue weighted by molar-refractivity contribution is 5.32. The Bertz CT molecular complexity index is 271.